The van der Waals surface area contributed by atoms with Gasteiger partial charge in [0.05, 0.1) is 0 Å². The van der Waals surface area contributed by atoms with Gasteiger partial charge in [-0.2, -0.15) is 0 Å². The van der Waals surface area contributed by atoms with Crippen LogP contribution < -0.4 is 0 Å². The molecule has 1 N–H and O–H groups in total. The molecule has 0 radical (unpaired) electrons. The van der Waals surface area contributed by atoms with E-state index >= 15 is 0 Å². The van der Waals surface area contributed by atoms with E-state index in [0.29, 0.717) is 6.42 Å². The molecule has 1 nitrogen and oxygen atoms in total. The van der Waals surface area contributed by atoms with Crippen molar-refractivity contribution in [1.82, 2.24) is 0 Å². The van der Waals surface area contributed by atoms with Gasteiger partial charge in [0.1, 0.15) is 0 Å². The standard InChI is InChI=1S/C20H16O/c21-11-10-14-6-3-7-19-18(14)9-8-17-12-15-4-1-2-5-16(15)13-20(17)19/h1-9,12-13,21H,10-11H2. The molecule has 4 aromatic rings. The van der Waals surface area contributed by atoms with Crippen molar-refractivity contribution in [2.75, 3.05) is 6.61 Å². The third-order valence-electron chi connectivity index (χ3n) is 4.22. The van der Waals surface area contributed by atoms with E-state index in [1.54, 1.807) is 0 Å². The monoisotopic (exact) mass is 272 g/mol. The zero-order valence-electron chi connectivity index (χ0n) is 11.7. The Morgan fingerprint density at radius 1 is 0.619 bits per heavy atom. The lowest BCUT2D eigenvalue weighted by Gasteiger charge is -2.09. The van der Waals surface area contributed by atoms with Gasteiger partial charge in [0.25, 0.3) is 0 Å². The van der Waals surface area contributed by atoms with Crippen LogP contribution in [0, 0.1) is 0 Å². The van der Waals surface area contributed by atoms with Crippen molar-refractivity contribution in [2.24, 2.45) is 0 Å². The molecular formula is C20H16O. The molecule has 0 bridgehead atoms. The fourth-order valence-corrected chi connectivity index (χ4v) is 3.19. The molecule has 0 saturated heterocycles. The lowest BCUT2D eigenvalue weighted by Crippen LogP contribution is -1.92. The minimum Gasteiger partial charge on any atom is -0.396 e. The van der Waals surface area contributed by atoms with E-state index in [1.807, 2.05) is 0 Å². The average molecular weight is 272 g/mol. The van der Waals surface area contributed by atoms with Crippen molar-refractivity contribution in [2.45, 2.75) is 6.42 Å². The summed E-state index contributed by atoms with van der Waals surface area (Å²) in [5, 5.41) is 16.8. The van der Waals surface area contributed by atoms with Crippen LogP contribution in [0.4, 0.5) is 0 Å². The second-order valence-electron chi connectivity index (χ2n) is 5.47. The van der Waals surface area contributed by atoms with Crippen LogP contribution in [0.3, 0.4) is 0 Å². The molecule has 102 valence electrons. The minimum absolute atomic E-state index is 0.189. The van der Waals surface area contributed by atoms with Crippen LogP contribution in [-0.2, 0) is 6.42 Å². The highest BCUT2D eigenvalue weighted by Crippen LogP contribution is 2.31. The van der Waals surface area contributed by atoms with Crippen molar-refractivity contribution in [3.63, 3.8) is 0 Å². The number of hydrogen-bond donors (Lipinski definition) is 1. The molecule has 0 aromatic heterocycles. The predicted octanol–water partition coefficient (Wildman–Crippen LogP) is 4.68. The molecule has 0 aliphatic carbocycles. The maximum atomic E-state index is 9.23. The smallest absolute Gasteiger partial charge is 0.0471 e. The van der Waals surface area contributed by atoms with Crippen LogP contribution >= 0.6 is 0 Å². The Bertz CT molecular complexity index is 954. The summed E-state index contributed by atoms with van der Waals surface area (Å²) < 4.78 is 0. The Morgan fingerprint density at radius 3 is 2.24 bits per heavy atom. The summed E-state index contributed by atoms with van der Waals surface area (Å²) in [4.78, 5) is 0. The van der Waals surface area contributed by atoms with Crippen LogP contribution in [0.15, 0.2) is 66.7 Å². The summed E-state index contributed by atoms with van der Waals surface area (Å²) in [5.74, 6) is 0. The first-order chi connectivity index (χ1) is 10.4. The first-order valence-electron chi connectivity index (χ1n) is 7.31. The zero-order valence-corrected chi connectivity index (χ0v) is 11.7. The number of fused-ring (bicyclic) bond motifs is 4. The van der Waals surface area contributed by atoms with Crippen molar-refractivity contribution in [3.05, 3.63) is 72.3 Å². The second kappa shape index (κ2) is 4.87. The predicted molar refractivity (Wildman–Crippen MR) is 89.7 cm³/mol. The fourth-order valence-electron chi connectivity index (χ4n) is 3.19. The molecule has 0 amide bonds. The first-order valence-corrected chi connectivity index (χ1v) is 7.31. The number of aliphatic hydroxyl groups is 1. The maximum Gasteiger partial charge on any atom is 0.0471 e. The van der Waals surface area contributed by atoms with Gasteiger partial charge >= 0.3 is 0 Å². The van der Waals surface area contributed by atoms with Crippen LogP contribution in [0.1, 0.15) is 5.56 Å². The summed E-state index contributed by atoms with van der Waals surface area (Å²) in [5.41, 5.74) is 1.21. The molecule has 0 aliphatic rings. The SMILES string of the molecule is OCCc1cccc2c1ccc1cc3ccccc3cc12. The highest BCUT2D eigenvalue weighted by atomic mass is 16.2. The van der Waals surface area contributed by atoms with Crippen molar-refractivity contribution in [1.29, 1.82) is 0 Å². The summed E-state index contributed by atoms with van der Waals surface area (Å²) >= 11 is 0. The lowest BCUT2D eigenvalue weighted by atomic mass is 9.95. The Morgan fingerprint density at radius 2 is 1.43 bits per heavy atom. The van der Waals surface area contributed by atoms with Gasteiger partial charge in [-0.25, -0.2) is 0 Å². The normalized spacial score (nSPS) is 11.5. The van der Waals surface area contributed by atoms with E-state index in [-0.39, 0.29) is 6.61 Å². The molecule has 0 spiro atoms. The first kappa shape index (κ1) is 12.4. The molecule has 0 atom stereocenters. The molecule has 0 aliphatic heterocycles. The second-order valence-corrected chi connectivity index (χ2v) is 5.47. The van der Waals surface area contributed by atoms with Gasteiger partial charge in [0.15, 0.2) is 0 Å². The minimum atomic E-state index is 0.189. The highest BCUT2D eigenvalue weighted by molar-refractivity contribution is 6.12. The van der Waals surface area contributed by atoms with E-state index in [9.17, 15) is 5.11 Å². The van der Waals surface area contributed by atoms with E-state index in [1.165, 1.54) is 37.9 Å². The van der Waals surface area contributed by atoms with Crippen LogP contribution in [0.5, 0.6) is 0 Å². The molecule has 0 heterocycles. The van der Waals surface area contributed by atoms with Crippen LogP contribution in [0.2, 0.25) is 0 Å². The fraction of sp³-hybridized carbons (Fsp3) is 0.100. The van der Waals surface area contributed by atoms with Crippen LogP contribution in [-0.4, -0.2) is 11.7 Å². The van der Waals surface area contributed by atoms with Gasteiger partial charge in [-0.3, -0.25) is 0 Å². The van der Waals surface area contributed by atoms with Gasteiger partial charge in [-0.15, -0.1) is 0 Å². The van der Waals surface area contributed by atoms with Gasteiger partial charge < -0.3 is 5.11 Å². The number of hydrogen-bond acceptors (Lipinski definition) is 1. The largest absolute Gasteiger partial charge is 0.396 e. The lowest BCUT2D eigenvalue weighted by molar-refractivity contribution is 0.300. The molecule has 0 saturated carbocycles. The molecule has 1 heteroatoms. The van der Waals surface area contributed by atoms with Crippen molar-refractivity contribution >= 4 is 32.3 Å². The van der Waals surface area contributed by atoms with Gasteiger partial charge in [0, 0.05) is 6.61 Å². The third-order valence-corrected chi connectivity index (χ3v) is 4.22. The molecule has 21 heavy (non-hydrogen) atoms. The van der Waals surface area contributed by atoms with Crippen molar-refractivity contribution in [3.8, 4) is 0 Å². The van der Waals surface area contributed by atoms with E-state index in [0.717, 1.165) is 0 Å². The Labute approximate surface area is 123 Å². The van der Waals surface area contributed by atoms with Crippen LogP contribution in [0.25, 0.3) is 32.3 Å². The average Bonchev–Trinajstić information content (AvgIpc) is 2.53. The summed E-state index contributed by atoms with van der Waals surface area (Å²) in [6.45, 7) is 0.189. The summed E-state index contributed by atoms with van der Waals surface area (Å²) in [6.07, 6.45) is 0.705. The molecule has 0 unspecified atom stereocenters. The topological polar surface area (TPSA) is 20.2 Å². The Hall–Kier alpha value is -2.38. The summed E-state index contributed by atoms with van der Waals surface area (Å²) in [7, 11) is 0. The van der Waals surface area contributed by atoms with Gasteiger partial charge in [-0.05, 0) is 56.4 Å². The Kier molecular flexibility index (Phi) is 2.87. The number of benzene rings is 4. The number of aliphatic hydroxyl groups excluding tert-OH is 1. The Balaban J connectivity index is 2.12. The van der Waals surface area contributed by atoms with E-state index in [4.69, 9.17) is 0 Å². The highest BCUT2D eigenvalue weighted by Gasteiger charge is 2.05. The van der Waals surface area contributed by atoms with Crippen molar-refractivity contribution < 1.29 is 5.11 Å². The molecule has 4 aromatic carbocycles. The van der Waals surface area contributed by atoms with Gasteiger partial charge in [0.2, 0.25) is 0 Å². The molecule has 0 fully saturated rings. The third kappa shape index (κ3) is 1.98. The van der Waals surface area contributed by atoms with E-state index < -0.39 is 0 Å². The maximum absolute atomic E-state index is 9.23. The molecule has 4 rings (SSSR count). The number of rotatable bonds is 2. The van der Waals surface area contributed by atoms with Gasteiger partial charge in [-0.1, -0.05) is 54.6 Å². The summed E-state index contributed by atoms with van der Waals surface area (Å²) in [6, 6.07) is 23.7. The quantitative estimate of drug-likeness (QED) is 0.415. The van der Waals surface area contributed by atoms with E-state index in [2.05, 4.69) is 66.7 Å². The molecular weight excluding hydrogens is 256 g/mol. The zero-order chi connectivity index (χ0) is 14.2.